The summed E-state index contributed by atoms with van der Waals surface area (Å²) in [5.41, 5.74) is 0. The third-order valence-electron chi connectivity index (χ3n) is 4.07. The smallest absolute Gasteiger partial charge is 0.0478 e. The molecule has 0 bridgehead atoms. The average molecular weight is 301 g/mol. The Morgan fingerprint density at radius 2 is 1.71 bits per heavy atom. The van der Waals surface area contributed by atoms with E-state index in [0.717, 1.165) is 32.1 Å². The molecule has 0 radical (unpaired) electrons. The predicted octanol–water partition coefficient (Wildman–Crippen LogP) is 3.93. The van der Waals surface area contributed by atoms with Crippen molar-refractivity contribution < 1.29 is 4.74 Å². The second kappa shape index (κ2) is 14.8. The normalized spacial score (nSPS) is 16.9. The summed E-state index contributed by atoms with van der Waals surface area (Å²) in [4.78, 5) is 2.61. The fraction of sp³-hybridized carbons (Fsp3) is 1.00. The second-order valence-electron chi connectivity index (χ2n) is 6.12. The predicted molar refractivity (Wildman–Crippen MR) is 94.0 cm³/mol. The Morgan fingerprint density at radius 1 is 1.10 bits per heavy atom. The zero-order valence-electron chi connectivity index (χ0n) is 15.3. The van der Waals surface area contributed by atoms with Gasteiger partial charge in [0.25, 0.3) is 0 Å². The van der Waals surface area contributed by atoms with Crippen molar-refractivity contribution in [3.05, 3.63) is 0 Å². The first-order valence-electron chi connectivity index (χ1n) is 9.25. The molecular weight excluding hydrogens is 260 g/mol. The molecule has 0 aromatic carbocycles. The average Bonchev–Trinajstić information content (AvgIpc) is 2.52. The van der Waals surface area contributed by atoms with Crippen LogP contribution in [0.2, 0.25) is 0 Å². The summed E-state index contributed by atoms with van der Waals surface area (Å²) in [5.74, 6) is 0.987. The molecule has 1 rings (SSSR count). The molecule has 0 aliphatic carbocycles. The van der Waals surface area contributed by atoms with Gasteiger partial charge in [-0.1, -0.05) is 41.0 Å². The van der Waals surface area contributed by atoms with Crippen LogP contribution in [0, 0.1) is 5.92 Å². The number of nitrogens with one attached hydrogen (secondary N) is 1. The Kier molecular flexibility index (Phi) is 14.7. The molecule has 1 aliphatic rings. The quantitative estimate of drug-likeness (QED) is 0.619. The van der Waals surface area contributed by atoms with Crippen LogP contribution in [0.5, 0.6) is 0 Å². The fourth-order valence-corrected chi connectivity index (χ4v) is 2.68. The van der Waals surface area contributed by atoms with E-state index in [1.165, 1.54) is 45.3 Å². The molecule has 0 spiro atoms. The van der Waals surface area contributed by atoms with Crippen molar-refractivity contribution in [1.29, 1.82) is 0 Å². The van der Waals surface area contributed by atoms with Gasteiger partial charge in [0.1, 0.15) is 0 Å². The highest BCUT2D eigenvalue weighted by Crippen LogP contribution is 2.19. The van der Waals surface area contributed by atoms with Gasteiger partial charge in [0.05, 0.1) is 0 Å². The maximum absolute atomic E-state index is 5.68. The molecule has 21 heavy (non-hydrogen) atoms. The lowest BCUT2D eigenvalue weighted by Crippen LogP contribution is -2.34. The van der Waals surface area contributed by atoms with Gasteiger partial charge in [-0.15, -0.1) is 0 Å². The van der Waals surface area contributed by atoms with Crippen molar-refractivity contribution in [2.45, 2.75) is 72.8 Å². The number of hydrogen-bond donors (Lipinski definition) is 1. The molecule has 0 atom stereocenters. The number of piperidine rings is 1. The monoisotopic (exact) mass is 300 g/mol. The number of ether oxygens (including phenoxy) is 1. The summed E-state index contributed by atoms with van der Waals surface area (Å²) >= 11 is 0. The largest absolute Gasteiger partial charge is 0.381 e. The van der Waals surface area contributed by atoms with Crippen LogP contribution in [0.4, 0.5) is 0 Å². The Morgan fingerprint density at radius 3 is 2.29 bits per heavy atom. The molecule has 0 saturated carbocycles. The van der Waals surface area contributed by atoms with Crippen molar-refractivity contribution in [3.8, 4) is 0 Å². The van der Waals surface area contributed by atoms with Crippen LogP contribution in [-0.2, 0) is 4.74 Å². The summed E-state index contributed by atoms with van der Waals surface area (Å²) in [6.45, 7) is 17.4. The third kappa shape index (κ3) is 12.1. The van der Waals surface area contributed by atoms with Gasteiger partial charge in [-0.25, -0.2) is 0 Å². The molecule has 1 N–H and O–H groups in total. The molecular formula is C18H40N2O. The summed E-state index contributed by atoms with van der Waals surface area (Å²) in [6.07, 6.45) is 6.48. The summed E-state index contributed by atoms with van der Waals surface area (Å²) < 4.78 is 5.68. The number of hydrogen-bond acceptors (Lipinski definition) is 3. The maximum atomic E-state index is 5.68. The lowest BCUT2D eigenvalue weighted by molar-refractivity contribution is 0.109. The van der Waals surface area contributed by atoms with Crippen molar-refractivity contribution >= 4 is 0 Å². The molecule has 1 heterocycles. The molecule has 0 aromatic rings. The van der Waals surface area contributed by atoms with Gasteiger partial charge in [-0.3, -0.25) is 0 Å². The minimum absolute atomic E-state index is 0.589. The molecule has 1 saturated heterocycles. The summed E-state index contributed by atoms with van der Waals surface area (Å²) in [6, 6.07) is 0.589. The molecule has 0 aromatic heterocycles. The van der Waals surface area contributed by atoms with E-state index >= 15 is 0 Å². The van der Waals surface area contributed by atoms with Crippen LogP contribution in [-0.4, -0.2) is 50.3 Å². The zero-order chi connectivity index (χ0) is 15.9. The number of likely N-dealkylation sites (tertiary alicyclic amines) is 1. The summed E-state index contributed by atoms with van der Waals surface area (Å²) in [7, 11) is 0. The minimum atomic E-state index is 0.589. The van der Waals surface area contributed by atoms with E-state index in [9.17, 15) is 0 Å². The van der Waals surface area contributed by atoms with Gasteiger partial charge in [0.15, 0.2) is 0 Å². The molecule has 128 valence electrons. The van der Waals surface area contributed by atoms with E-state index in [1.807, 2.05) is 13.8 Å². The first-order chi connectivity index (χ1) is 10.2. The van der Waals surface area contributed by atoms with Crippen LogP contribution in [0.15, 0.2) is 0 Å². The second-order valence-corrected chi connectivity index (χ2v) is 6.12. The third-order valence-corrected chi connectivity index (χ3v) is 4.07. The lowest BCUT2D eigenvalue weighted by Gasteiger charge is -2.31. The van der Waals surface area contributed by atoms with Crippen molar-refractivity contribution in [1.82, 2.24) is 10.2 Å². The molecule has 0 unspecified atom stereocenters. The first kappa shape index (κ1) is 20.9. The van der Waals surface area contributed by atoms with Gasteiger partial charge in [0.2, 0.25) is 0 Å². The van der Waals surface area contributed by atoms with Crippen LogP contribution in [0.1, 0.15) is 66.7 Å². The molecule has 1 fully saturated rings. The van der Waals surface area contributed by atoms with E-state index < -0.39 is 0 Å². The molecule has 0 amide bonds. The minimum Gasteiger partial charge on any atom is -0.381 e. The van der Waals surface area contributed by atoms with Gasteiger partial charge in [0, 0.05) is 25.8 Å². The Balaban J connectivity index is 0.00000191. The highest BCUT2D eigenvalue weighted by Gasteiger charge is 2.16. The fourth-order valence-electron chi connectivity index (χ4n) is 2.68. The lowest BCUT2D eigenvalue weighted by atomic mass is 9.94. The van der Waals surface area contributed by atoms with Crippen LogP contribution >= 0.6 is 0 Å². The standard InChI is InChI=1S/C16H34N2O.C2H6/c1-4-16-7-11-18(12-8-16)10-6-14-19-13-5-9-17-15(2)3;1-2/h15-17H,4-14H2,1-3H3;1-2H3. The summed E-state index contributed by atoms with van der Waals surface area (Å²) in [5, 5.41) is 3.41. The van der Waals surface area contributed by atoms with Crippen molar-refractivity contribution in [3.63, 3.8) is 0 Å². The maximum Gasteiger partial charge on any atom is 0.0478 e. The zero-order valence-corrected chi connectivity index (χ0v) is 15.3. The molecule has 3 heteroatoms. The number of rotatable bonds is 10. The van der Waals surface area contributed by atoms with Crippen LogP contribution in [0.25, 0.3) is 0 Å². The van der Waals surface area contributed by atoms with Gasteiger partial charge >= 0.3 is 0 Å². The Labute approximate surface area is 133 Å². The Hall–Kier alpha value is -0.120. The van der Waals surface area contributed by atoms with E-state index in [-0.39, 0.29) is 0 Å². The van der Waals surface area contributed by atoms with E-state index in [0.29, 0.717) is 6.04 Å². The van der Waals surface area contributed by atoms with Crippen LogP contribution in [0.3, 0.4) is 0 Å². The topological polar surface area (TPSA) is 24.5 Å². The van der Waals surface area contributed by atoms with Gasteiger partial charge in [-0.2, -0.15) is 0 Å². The highest BCUT2D eigenvalue weighted by atomic mass is 16.5. The SMILES string of the molecule is CC.CCC1CCN(CCCOCCCNC(C)C)CC1. The first-order valence-corrected chi connectivity index (χ1v) is 9.25. The van der Waals surface area contributed by atoms with E-state index in [1.54, 1.807) is 0 Å². The molecule has 1 aliphatic heterocycles. The molecule has 3 nitrogen and oxygen atoms in total. The van der Waals surface area contributed by atoms with Gasteiger partial charge < -0.3 is 15.0 Å². The van der Waals surface area contributed by atoms with E-state index in [2.05, 4.69) is 31.0 Å². The highest BCUT2D eigenvalue weighted by molar-refractivity contribution is 4.71. The van der Waals surface area contributed by atoms with Gasteiger partial charge in [-0.05, 0) is 51.2 Å². The van der Waals surface area contributed by atoms with E-state index in [4.69, 9.17) is 4.74 Å². The van der Waals surface area contributed by atoms with Crippen LogP contribution < -0.4 is 5.32 Å². The Bertz CT molecular complexity index is 201. The number of nitrogens with zero attached hydrogens (tertiary/aromatic N) is 1. The van der Waals surface area contributed by atoms with Crippen molar-refractivity contribution in [2.75, 3.05) is 39.4 Å². The van der Waals surface area contributed by atoms with Crippen molar-refractivity contribution in [2.24, 2.45) is 5.92 Å².